The standard InChI is InChI=1S/C27H28N8O3/c1-3-24(36)31-18-9-10-29-22(13-18)20-6-4-5-17-15-30-27(34-25(17)20)32-21-7-8-23(33-26(21)37-2)35-11-12-38-16-19(35)14-28/h3-10,13,15,19H,1,11-12,14,16,28H2,2H3,(H,29,31,36)(H,30,32,34)/t19-/m1/s1. The summed E-state index contributed by atoms with van der Waals surface area (Å²) < 4.78 is 11.1. The number of methoxy groups -OCH3 is 1. The summed E-state index contributed by atoms with van der Waals surface area (Å²) in [7, 11) is 1.57. The first-order chi connectivity index (χ1) is 18.6. The Bertz CT molecular complexity index is 1480. The van der Waals surface area contributed by atoms with E-state index >= 15 is 0 Å². The lowest BCUT2D eigenvalue weighted by Gasteiger charge is -2.35. The minimum Gasteiger partial charge on any atom is -0.479 e. The number of hydrogen-bond donors (Lipinski definition) is 3. The fourth-order valence-corrected chi connectivity index (χ4v) is 4.29. The first kappa shape index (κ1) is 25.1. The maximum Gasteiger partial charge on any atom is 0.247 e. The van der Waals surface area contributed by atoms with Crippen LogP contribution in [-0.4, -0.2) is 65.3 Å². The number of fused-ring (bicyclic) bond motifs is 1. The first-order valence-electron chi connectivity index (χ1n) is 12.1. The predicted octanol–water partition coefficient (Wildman–Crippen LogP) is 3.13. The van der Waals surface area contributed by atoms with Gasteiger partial charge in [0.15, 0.2) is 0 Å². The van der Waals surface area contributed by atoms with Crippen molar-refractivity contribution in [2.75, 3.05) is 48.9 Å². The van der Waals surface area contributed by atoms with Crippen LogP contribution in [0.15, 0.2) is 67.5 Å². The molecule has 4 N–H and O–H groups in total. The average Bonchev–Trinajstić information content (AvgIpc) is 2.97. The number of nitrogens with one attached hydrogen (secondary N) is 2. The number of carbonyl (C=O) groups excluding carboxylic acids is 1. The molecule has 1 saturated heterocycles. The van der Waals surface area contributed by atoms with E-state index in [0.717, 1.165) is 16.8 Å². The van der Waals surface area contributed by atoms with E-state index in [4.69, 9.17) is 25.2 Å². The van der Waals surface area contributed by atoms with E-state index in [2.05, 4.69) is 32.1 Å². The van der Waals surface area contributed by atoms with Crippen LogP contribution < -0.4 is 26.0 Å². The van der Waals surface area contributed by atoms with Crippen LogP contribution in [-0.2, 0) is 9.53 Å². The molecule has 1 aliphatic heterocycles. The molecule has 0 unspecified atom stereocenters. The van der Waals surface area contributed by atoms with Crippen LogP contribution in [0.25, 0.3) is 22.2 Å². The number of nitrogens with zero attached hydrogens (tertiary/aromatic N) is 5. The summed E-state index contributed by atoms with van der Waals surface area (Å²) >= 11 is 0. The van der Waals surface area contributed by atoms with Gasteiger partial charge in [-0.1, -0.05) is 24.8 Å². The van der Waals surface area contributed by atoms with Crippen molar-refractivity contribution in [1.29, 1.82) is 0 Å². The second kappa shape index (κ2) is 11.2. The van der Waals surface area contributed by atoms with Gasteiger partial charge in [-0.25, -0.2) is 9.97 Å². The molecule has 4 aromatic rings. The zero-order valence-corrected chi connectivity index (χ0v) is 20.9. The molecule has 0 aliphatic carbocycles. The van der Waals surface area contributed by atoms with Crippen LogP contribution in [0, 0.1) is 0 Å². The molecule has 0 radical (unpaired) electrons. The summed E-state index contributed by atoms with van der Waals surface area (Å²) in [5.74, 6) is 1.26. The quantitative estimate of drug-likeness (QED) is 0.302. The number of nitrogens with two attached hydrogens (primary N) is 1. The SMILES string of the molecule is C=CC(=O)Nc1ccnc(-c2cccc3cnc(Nc4ccc(N5CCOC[C@H]5CN)nc4OC)nc23)c1. The minimum absolute atomic E-state index is 0.0548. The molecule has 1 fully saturated rings. The van der Waals surface area contributed by atoms with Gasteiger partial charge in [-0.3, -0.25) is 9.78 Å². The summed E-state index contributed by atoms with van der Waals surface area (Å²) in [5, 5.41) is 6.83. The highest BCUT2D eigenvalue weighted by Gasteiger charge is 2.24. The number of anilines is 4. The normalized spacial score (nSPS) is 15.2. The highest BCUT2D eigenvalue weighted by atomic mass is 16.5. The van der Waals surface area contributed by atoms with Gasteiger partial charge in [0.05, 0.1) is 37.6 Å². The summed E-state index contributed by atoms with van der Waals surface area (Å²) in [4.78, 5) is 32.3. The van der Waals surface area contributed by atoms with Gasteiger partial charge in [0.25, 0.3) is 0 Å². The molecular formula is C27H28N8O3. The van der Waals surface area contributed by atoms with Crippen molar-refractivity contribution in [3.05, 3.63) is 67.5 Å². The molecule has 38 heavy (non-hydrogen) atoms. The van der Waals surface area contributed by atoms with Gasteiger partial charge < -0.3 is 30.7 Å². The number of hydrogen-bond acceptors (Lipinski definition) is 10. The van der Waals surface area contributed by atoms with E-state index < -0.39 is 0 Å². The number of amides is 1. The zero-order valence-electron chi connectivity index (χ0n) is 20.9. The molecule has 1 aliphatic rings. The van der Waals surface area contributed by atoms with Crippen molar-refractivity contribution in [3.8, 4) is 17.1 Å². The molecular weight excluding hydrogens is 484 g/mol. The van der Waals surface area contributed by atoms with Crippen LogP contribution in [0.2, 0.25) is 0 Å². The lowest BCUT2D eigenvalue weighted by molar-refractivity contribution is -0.111. The molecule has 1 aromatic carbocycles. The summed E-state index contributed by atoms with van der Waals surface area (Å²) in [6.45, 7) is 5.84. The summed E-state index contributed by atoms with van der Waals surface area (Å²) in [5.41, 5.74) is 9.32. The Morgan fingerprint density at radius 2 is 2.16 bits per heavy atom. The van der Waals surface area contributed by atoms with Crippen LogP contribution in [0.1, 0.15) is 0 Å². The Kier molecular flexibility index (Phi) is 7.38. The first-order valence-corrected chi connectivity index (χ1v) is 12.1. The van der Waals surface area contributed by atoms with E-state index in [-0.39, 0.29) is 11.9 Å². The van der Waals surface area contributed by atoms with Gasteiger partial charge in [-0.05, 0) is 30.3 Å². The molecule has 1 amide bonds. The monoisotopic (exact) mass is 512 g/mol. The number of pyridine rings is 2. The highest BCUT2D eigenvalue weighted by Crippen LogP contribution is 2.31. The van der Waals surface area contributed by atoms with Crippen LogP contribution in [0.4, 0.5) is 23.1 Å². The van der Waals surface area contributed by atoms with Gasteiger partial charge in [0.2, 0.25) is 17.7 Å². The summed E-state index contributed by atoms with van der Waals surface area (Å²) in [6, 6.07) is 13.1. The largest absolute Gasteiger partial charge is 0.479 e. The van der Waals surface area contributed by atoms with Gasteiger partial charge >= 0.3 is 0 Å². The molecule has 0 saturated carbocycles. The summed E-state index contributed by atoms with van der Waals surface area (Å²) in [6.07, 6.45) is 4.59. The molecule has 11 heteroatoms. The number of carbonyl (C=O) groups is 1. The molecule has 11 nitrogen and oxygen atoms in total. The van der Waals surface area contributed by atoms with Crippen molar-refractivity contribution in [1.82, 2.24) is 19.9 Å². The molecule has 0 bridgehead atoms. The third-order valence-corrected chi connectivity index (χ3v) is 6.18. The van der Waals surface area contributed by atoms with Crippen LogP contribution >= 0.6 is 0 Å². The highest BCUT2D eigenvalue weighted by molar-refractivity contribution is 5.99. The van der Waals surface area contributed by atoms with Gasteiger partial charge in [0.1, 0.15) is 11.5 Å². The topological polar surface area (TPSA) is 140 Å². The Labute approximate surface area is 219 Å². The minimum atomic E-state index is -0.297. The molecule has 3 aromatic heterocycles. The van der Waals surface area contributed by atoms with Crippen molar-refractivity contribution < 1.29 is 14.3 Å². The number of para-hydroxylation sites is 1. The fourth-order valence-electron chi connectivity index (χ4n) is 4.29. The van der Waals surface area contributed by atoms with E-state index in [1.54, 1.807) is 31.6 Å². The van der Waals surface area contributed by atoms with Crippen molar-refractivity contribution in [3.63, 3.8) is 0 Å². The van der Waals surface area contributed by atoms with Crippen molar-refractivity contribution in [2.24, 2.45) is 5.73 Å². The maximum atomic E-state index is 11.7. The lowest BCUT2D eigenvalue weighted by atomic mass is 10.1. The fraction of sp³-hybridized carbons (Fsp3) is 0.222. The number of rotatable bonds is 8. The van der Waals surface area contributed by atoms with Crippen LogP contribution in [0.5, 0.6) is 5.88 Å². The van der Waals surface area contributed by atoms with E-state index in [1.165, 1.54) is 6.08 Å². The Morgan fingerprint density at radius 3 is 2.97 bits per heavy atom. The molecule has 5 rings (SSSR count). The van der Waals surface area contributed by atoms with Crippen LogP contribution in [0.3, 0.4) is 0 Å². The number of morpholine rings is 1. The maximum absolute atomic E-state index is 11.7. The van der Waals surface area contributed by atoms with Gasteiger partial charge in [0, 0.05) is 42.1 Å². The van der Waals surface area contributed by atoms with Crippen molar-refractivity contribution >= 4 is 40.0 Å². The van der Waals surface area contributed by atoms with E-state index in [0.29, 0.717) is 60.7 Å². The Hall–Kier alpha value is -4.61. The van der Waals surface area contributed by atoms with Gasteiger partial charge in [-0.15, -0.1) is 0 Å². The predicted molar refractivity (Wildman–Crippen MR) is 147 cm³/mol. The smallest absolute Gasteiger partial charge is 0.247 e. The average molecular weight is 513 g/mol. The lowest BCUT2D eigenvalue weighted by Crippen LogP contribution is -2.49. The van der Waals surface area contributed by atoms with E-state index in [1.807, 2.05) is 30.3 Å². The molecule has 1 atom stereocenters. The Balaban J connectivity index is 1.46. The van der Waals surface area contributed by atoms with E-state index in [9.17, 15) is 4.79 Å². The second-order valence-corrected chi connectivity index (χ2v) is 8.57. The van der Waals surface area contributed by atoms with Crippen molar-refractivity contribution in [2.45, 2.75) is 6.04 Å². The number of ether oxygens (including phenoxy) is 2. The third kappa shape index (κ3) is 5.24. The number of aromatic nitrogens is 4. The molecule has 0 spiro atoms. The van der Waals surface area contributed by atoms with Gasteiger partial charge in [-0.2, -0.15) is 4.98 Å². The molecule has 4 heterocycles. The molecule has 194 valence electrons. The third-order valence-electron chi connectivity index (χ3n) is 6.18. The number of benzene rings is 1. The zero-order chi connectivity index (χ0) is 26.5. The Morgan fingerprint density at radius 1 is 1.26 bits per heavy atom. The second-order valence-electron chi connectivity index (χ2n) is 8.57.